The molecule has 7 nitrogen and oxygen atoms in total. The summed E-state index contributed by atoms with van der Waals surface area (Å²) >= 11 is 0. The first-order valence-electron chi connectivity index (χ1n) is 9.27. The van der Waals surface area contributed by atoms with E-state index in [-0.39, 0.29) is 17.2 Å². The van der Waals surface area contributed by atoms with E-state index in [1.54, 1.807) is 24.0 Å². The van der Waals surface area contributed by atoms with Crippen LogP contribution < -0.4 is 0 Å². The van der Waals surface area contributed by atoms with E-state index in [9.17, 15) is 9.59 Å². The smallest absolute Gasteiger partial charge is 0.274 e. The minimum Gasteiger partial charge on any atom is -0.381 e. The molecule has 3 saturated heterocycles. The second-order valence-corrected chi connectivity index (χ2v) is 7.58. The number of carbonyl (C=O) groups excluding carboxylic acids is 2. The van der Waals surface area contributed by atoms with E-state index in [0.717, 1.165) is 51.9 Å². The van der Waals surface area contributed by atoms with Crippen LogP contribution in [0.2, 0.25) is 0 Å². The highest BCUT2D eigenvalue weighted by molar-refractivity contribution is 5.94. The monoisotopic (exact) mass is 346 g/mol. The third-order valence-electron chi connectivity index (χ3n) is 5.97. The molecule has 0 bridgehead atoms. The molecule has 25 heavy (non-hydrogen) atoms. The minimum absolute atomic E-state index is 0.0616. The number of hydrogen-bond donors (Lipinski definition) is 0. The Hall–Kier alpha value is -1.89. The number of rotatable bonds is 2. The molecule has 0 unspecified atom stereocenters. The zero-order valence-corrected chi connectivity index (χ0v) is 14.8. The molecular weight excluding hydrogens is 320 g/mol. The van der Waals surface area contributed by atoms with Crippen molar-refractivity contribution in [1.82, 2.24) is 19.6 Å². The number of amides is 2. The lowest BCUT2D eigenvalue weighted by Gasteiger charge is -2.44. The van der Waals surface area contributed by atoms with Crippen LogP contribution in [-0.2, 0) is 16.6 Å². The zero-order valence-electron chi connectivity index (χ0n) is 14.8. The molecule has 7 heteroatoms. The van der Waals surface area contributed by atoms with Crippen molar-refractivity contribution in [3.8, 4) is 0 Å². The van der Waals surface area contributed by atoms with Gasteiger partial charge >= 0.3 is 0 Å². The molecule has 0 saturated carbocycles. The Labute approximate surface area is 147 Å². The van der Waals surface area contributed by atoms with Gasteiger partial charge < -0.3 is 14.5 Å². The lowest BCUT2D eigenvalue weighted by Crippen LogP contribution is -2.55. The van der Waals surface area contributed by atoms with Gasteiger partial charge in [-0.25, -0.2) is 0 Å². The lowest BCUT2D eigenvalue weighted by atomic mass is 9.77. The van der Waals surface area contributed by atoms with Gasteiger partial charge in [0, 0.05) is 52.1 Å². The Morgan fingerprint density at radius 2 is 2.08 bits per heavy atom. The van der Waals surface area contributed by atoms with Crippen molar-refractivity contribution in [2.45, 2.75) is 38.1 Å². The average Bonchev–Trinajstić information content (AvgIpc) is 3.25. The van der Waals surface area contributed by atoms with Crippen LogP contribution in [0.3, 0.4) is 0 Å². The van der Waals surface area contributed by atoms with Gasteiger partial charge in [0.25, 0.3) is 5.91 Å². The second kappa shape index (κ2) is 6.44. The average molecular weight is 346 g/mol. The number of hydrogen-bond acceptors (Lipinski definition) is 4. The highest BCUT2D eigenvalue weighted by Crippen LogP contribution is 2.41. The van der Waals surface area contributed by atoms with Crippen molar-refractivity contribution >= 4 is 11.8 Å². The van der Waals surface area contributed by atoms with Crippen LogP contribution in [0.1, 0.15) is 42.6 Å². The maximum Gasteiger partial charge on any atom is 0.274 e. The van der Waals surface area contributed by atoms with Crippen LogP contribution in [0.25, 0.3) is 0 Å². The van der Waals surface area contributed by atoms with Gasteiger partial charge in [0.05, 0.1) is 5.41 Å². The number of carbonyl (C=O) groups is 2. The van der Waals surface area contributed by atoms with Crippen LogP contribution in [0.4, 0.5) is 0 Å². The molecule has 2 amide bonds. The van der Waals surface area contributed by atoms with Crippen molar-refractivity contribution in [3.63, 3.8) is 0 Å². The van der Waals surface area contributed by atoms with Crippen molar-refractivity contribution in [3.05, 3.63) is 18.0 Å². The van der Waals surface area contributed by atoms with Gasteiger partial charge in [-0.15, -0.1) is 0 Å². The van der Waals surface area contributed by atoms with Crippen LogP contribution in [0.5, 0.6) is 0 Å². The number of nitrogens with zero attached hydrogens (tertiary/aromatic N) is 4. The van der Waals surface area contributed by atoms with E-state index in [2.05, 4.69) is 10.00 Å². The lowest BCUT2D eigenvalue weighted by molar-refractivity contribution is -0.150. The molecule has 1 spiro atoms. The Balaban J connectivity index is 1.48. The number of ether oxygens (including phenoxy) is 1. The highest BCUT2D eigenvalue weighted by Gasteiger charge is 2.50. The fourth-order valence-corrected chi connectivity index (χ4v) is 4.56. The Kier molecular flexibility index (Phi) is 4.27. The molecule has 4 heterocycles. The summed E-state index contributed by atoms with van der Waals surface area (Å²) in [5.41, 5.74) is 0.0742. The minimum atomic E-state index is -0.388. The molecule has 1 aromatic heterocycles. The van der Waals surface area contributed by atoms with Gasteiger partial charge in [0.1, 0.15) is 5.69 Å². The van der Waals surface area contributed by atoms with Gasteiger partial charge in [-0.05, 0) is 38.2 Å². The summed E-state index contributed by atoms with van der Waals surface area (Å²) in [5.74, 6) is 0.190. The fraction of sp³-hybridized carbons (Fsp3) is 0.722. The van der Waals surface area contributed by atoms with Crippen molar-refractivity contribution in [1.29, 1.82) is 0 Å². The quantitative estimate of drug-likeness (QED) is 0.803. The molecular formula is C18H26N4O3. The first-order valence-corrected chi connectivity index (χ1v) is 9.27. The summed E-state index contributed by atoms with van der Waals surface area (Å²) < 4.78 is 7.08. The Morgan fingerprint density at radius 1 is 1.28 bits per heavy atom. The summed E-state index contributed by atoms with van der Waals surface area (Å²) in [4.78, 5) is 29.9. The van der Waals surface area contributed by atoms with Crippen molar-refractivity contribution in [2.24, 2.45) is 12.5 Å². The van der Waals surface area contributed by atoms with Crippen molar-refractivity contribution < 1.29 is 14.3 Å². The zero-order chi connectivity index (χ0) is 17.4. The van der Waals surface area contributed by atoms with Gasteiger partial charge in [-0.1, -0.05) is 0 Å². The van der Waals surface area contributed by atoms with E-state index in [1.165, 1.54) is 0 Å². The number of likely N-dealkylation sites (tertiary alicyclic amines) is 2. The molecule has 3 fully saturated rings. The maximum atomic E-state index is 13.3. The van der Waals surface area contributed by atoms with Gasteiger partial charge in [-0.2, -0.15) is 5.10 Å². The van der Waals surface area contributed by atoms with Gasteiger partial charge in [-0.3, -0.25) is 14.3 Å². The molecule has 0 N–H and O–H groups in total. The summed E-state index contributed by atoms with van der Waals surface area (Å²) in [7, 11) is 1.80. The summed E-state index contributed by atoms with van der Waals surface area (Å²) in [6.07, 6.45) is 6.31. The normalized spacial score (nSPS) is 28.1. The van der Waals surface area contributed by atoms with E-state index in [1.807, 2.05) is 4.90 Å². The predicted molar refractivity (Wildman–Crippen MR) is 90.9 cm³/mol. The molecule has 0 aliphatic carbocycles. The third kappa shape index (κ3) is 2.94. The number of piperidine rings is 1. The molecule has 1 aromatic rings. The van der Waals surface area contributed by atoms with Crippen molar-refractivity contribution in [2.75, 3.05) is 32.8 Å². The summed E-state index contributed by atoms with van der Waals surface area (Å²) in [5, 5.41) is 4.21. The van der Waals surface area contributed by atoms with E-state index < -0.39 is 0 Å². The molecule has 1 atom stereocenters. The van der Waals surface area contributed by atoms with E-state index in [4.69, 9.17) is 4.74 Å². The van der Waals surface area contributed by atoms with Crippen LogP contribution >= 0.6 is 0 Å². The molecule has 0 aromatic carbocycles. The SMILES string of the molecule is Cn1ccc(C(=O)N2CC[C@@]3(CCCN(C4CCOCC4)C3=O)C2)n1. The van der Waals surface area contributed by atoms with E-state index >= 15 is 0 Å². The second-order valence-electron chi connectivity index (χ2n) is 7.58. The third-order valence-corrected chi connectivity index (χ3v) is 5.97. The topological polar surface area (TPSA) is 67.7 Å². The molecule has 136 valence electrons. The first-order chi connectivity index (χ1) is 12.1. The van der Waals surface area contributed by atoms with E-state index in [0.29, 0.717) is 24.8 Å². The standard InChI is InChI=1S/C18H26N4O3/c1-20-9-3-15(19-20)16(23)21-10-7-18(13-21)6-2-8-22(17(18)24)14-4-11-25-12-5-14/h3,9,14H,2,4-8,10-13H2,1H3/t18-/m0/s1. The predicted octanol–water partition coefficient (Wildman–Crippen LogP) is 1.05. The van der Waals surface area contributed by atoms with Crippen LogP contribution in [0, 0.1) is 5.41 Å². The molecule has 3 aliphatic rings. The molecule has 4 rings (SSSR count). The summed E-state index contributed by atoms with van der Waals surface area (Å²) in [6, 6.07) is 2.05. The highest BCUT2D eigenvalue weighted by atomic mass is 16.5. The maximum absolute atomic E-state index is 13.3. The fourth-order valence-electron chi connectivity index (χ4n) is 4.56. The van der Waals surface area contributed by atoms with Crippen LogP contribution in [-0.4, -0.2) is 70.3 Å². The largest absolute Gasteiger partial charge is 0.381 e. The molecule has 3 aliphatic heterocycles. The summed E-state index contributed by atoms with van der Waals surface area (Å²) in [6.45, 7) is 3.50. The Morgan fingerprint density at radius 3 is 2.80 bits per heavy atom. The number of aromatic nitrogens is 2. The van der Waals surface area contributed by atoms with Gasteiger partial charge in [0.15, 0.2) is 0 Å². The van der Waals surface area contributed by atoms with Gasteiger partial charge in [0.2, 0.25) is 5.91 Å². The van der Waals surface area contributed by atoms with Crippen LogP contribution in [0.15, 0.2) is 12.3 Å². The Bertz CT molecular complexity index is 667. The number of aryl methyl sites for hydroxylation is 1. The first kappa shape index (κ1) is 16.6. The molecule has 0 radical (unpaired) electrons.